The molecule has 2 aliphatic rings. The third-order valence-corrected chi connectivity index (χ3v) is 7.16. The number of likely N-dealkylation sites (N-methyl/N-ethyl adjacent to an activating group) is 1. The first-order chi connectivity index (χ1) is 15.2. The molecule has 31 heavy (non-hydrogen) atoms. The second kappa shape index (κ2) is 8.92. The van der Waals surface area contributed by atoms with Crippen LogP contribution >= 0.6 is 23.1 Å². The Morgan fingerprint density at radius 2 is 2.06 bits per heavy atom. The normalized spacial score (nSPS) is 17.5. The Labute approximate surface area is 189 Å². The monoisotopic (exact) mass is 456 g/mol. The number of thioether (sulfide) groups is 1. The molecule has 0 radical (unpaired) electrons. The largest absolute Gasteiger partial charge is 0.486 e. The van der Waals surface area contributed by atoms with E-state index >= 15 is 0 Å². The molecule has 1 fully saturated rings. The van der Waals surface area contributed by atoms with E-state index in [9.17, 15) is 4.79 Å². The summed E-state index contributed by atoms with van der Waals surface area (Å²) < 4.78 is 14.0. The number of rotatable bonds is 8. The lowest BCUT2D eigenvalue weighted by molar-refractivity contribution is -0.128. The van der Waals surface area contributed by atoms with E-state index in [2.05, 4.69) is 32.3 Å². The molecule has 1 atom stereocenters. The summed E-state index contributed by atoms with van der Waals surface area (Å²) in [6, 6.07) is 12.3. The quantitative estimate of drug-likeness (QED) is 0.482. The molecular weight excluding hydrogens is 432 g/mol. The number of carbonyl (C=O) groups excluding carboxylic acids is 1. The summed E-state index contributed by atoms with van der Waals surface area (Å²) >= 11 is 3.20. The number of nitrogens with zero attached hydrogens (tertiary/aromatic N) is 4. The molecule has 0 bridgehead atoms. The predicted octanol–water partition coefficient (Wildman–Crippen LogP) is 3.66. The number of fused-ring (bicyclic) bond motifs is 1. The van der Waals surface area contributed by atoms with Crippen LogP contribution in [0.25, 0.3) is 0 Å². The van der Waals surface area contributed by atoms with Gasteiger partial charge in [0.05, 0.1) is 12.3 Å². The first-order valence-corrected chi connectivity index (χ1v) is 12.3. The second-order valence-corrected chi connectivity index (χ2v) is 9.79. The van der Waals surface area contributed by atoms with Crippen LogP contribution in [0.4, 0.5) is 0 Å². The third-order valence-electron chi connectivity index (χ3n) is 5.36. The zero-order valence-electron chi connectivity index (χ0n) is 17.3. The molecule has 1 saturated carbocycles. The van der Waals surface area contributed by atoms with E-state index in [1.165, 1.54) is 16.6 Å². The summed E-state index contributed by atoms with van der Waals surface area (Å²) in [6.45, 7) is 0.913. The van der Waals surface area contributed by atoms with E-state index in [0.29, 0.717) is 24.9 Å². The third kappa shape index (κ3) is 4.72. The molecule has 3 aromatic rings. The molecule has 5 rings (SSSR count). The lowest BCUT2D eigenvalue weighted by Gasteiger charge is -2.29. The van der Waals surface area contributed by atoms with Gasteiger partial charge in [0, 0.05) is 24.4 Å². The average molecular weight is 457 g/mol. The number of amides is 1. The van der Waals surface area contributed by atoms with E-state index in [1.807, 2.05) is 24.3 Å². The number of hydrogen-bond acceptors (Lipinski definition) is 7. The minimum atomic E-state index is -0.179. The molecule has 0 saturated heterocycles. The van der Waals surface area contributed by atoms with Gasteiger partial charge in [-0.25, -0.2) is 0 Å². The summed E-state index contributed by atoms with van der Waals surface area (Å²) in [5, 5.41) is 11.7. The van der Waals surface area contributed by atoms with Crippen LogP contribution in [0.2, 0.25) is 0 Å². The van der Waals surface area contributed by atoms with Gasteiger partial charge >= 0.3 is 0 Å². The minimum Gasteiger partial charge on any atom is -0.486 e. The molecule has 1 aliphatic heterocycles. The van der Waals surface area contributed by atoms with Crippen LogP contribution in [-0.2, 0) is 11.2 Å². The molecule has 0 spiro atoms. The van der Waals surface area contributed by atoms with Gasteiger partial charge in [-0.15, -0.1) is 21.5 Å². The Kier molecular flexibility index (Phi) is 5.87. The molecule has 3 heterocycles. The van der Waals surface area contributed by atoms with Gasteiger partial charge in [-0.05, 0) is 36.4 Å². The van der Waals surface area contributed by atoms with Gasteiger partial charge in [0.15, 0.2) is 22.8 Å². The molecule has 9 heteroatoms. The predicted molar refractivity (Wildman–Crippen MR) is 120 cm³/mol. The summed E-state index contributed by atoms with van der Waals surface area (Å²) in [5.74, 6) is 2.83. The highest BCUT2D eigenvalue weighted by Gasteiger charge is 2.30. The highest BCUT2D eigenvalue weighted by atomic mass is 32.2. The topological polar surface area (TPSA) is 69.5 Å². The van der Waals surface area contributed by atoms with Crippen LogP contribution in [0, 0.1) is 0 Å². The van der Waals surface area contributed by atoms with Crippen LogP contribution < -0.4 is 9.47 Å². The first-order valence-electron chi connectivity index (χ1n) is 10.4. The Balaban J connectivity index is 1.17. The fourth-order valence-corrected chi connectivity index (χ4v) is 5.26. The van der Waals surface area contributed by atoms with E-state index in [-0.39, 0.29) is 12.0 Å². The van der Waals surface area contributed by atoms with Gasteiger partial charge in [0.25, 0.3) is 0 Å². The van der Waals surface area contributed by atoms with Gasteiger partial charge in [0.2, 0.25) is 5.91 Å². The van der Waals surface area contributed by atoms with Crippen molar-refractivity contribution in [3.8, 4) is 11.5 Å². The van der Waals surface area contributed by atoms with Crippen molar-refractivity contribution in [3.63, 3.8) is 0 Å². The molecule has 1 aromatic carbocycles. The highest BCUT2D eigenvalue weighted by molar-refractivity contribution is 7.99. The number of carbonyl (C=O) groups is 1. The van der Waals surface area contributed by atoms with Gasteiger partial charge < -0.3 is 18.9 Å². The maximum Gasteiger partial charge on any atom is 0.232 e. The van der Waals surface area contributed by atoms with Gasteiger partial charge in [-0.2, -0.15) is 0 Å². The number of thiophene rings is 1. The van der Waals surface area contributed by atoms with Gasteiger partial charge in [0.1, 0.15) is 12.4 Å². The van der Waals surface area contributed by atoms with Crippen molar-refractivity contribution < 1.29 is 14.3 Å². The van der Waals surface area contributed by atoms with E-state index in [1.54, 1.807) is 23.3 Å². The molecule has 0 N–H and O–H groups in total. The van der Waals surface area contributed by atoms with Gasteiger partial charge in [-0.1, -0.05) is 30.0 Å². The fraction of sp³-hybridized carbons (Fsp3) is 0.409. The highest BCUT2D eigenvalue weighted by Crippen LogP contribution is 2.39. The Morgan fingerprint density at radius 1 is 1.23 bits per heavy atom. The van der Waals surface area contributed by atoms with Crippen molar-refractivity contribution in [2.45, 2.75) is 36.6 Å². The average Bonchev–Trinajstić information content (AvgIpc) is 3.34. The smallest absolute Gasteiger partial charge is 0.232 e. The number of aromatic nitrogens is 3. The molecular formula is C22H24N4O3S2. The first kappa shape index (κ1) is 20.4. The van der Waals surface area contributed by atoms with Crippen molar-refractivity contribution in [2.24, 2.45) is 0 Å². The number of hydrogen-bond donors (Lipinski definition) is 0. The lowest BCUT2D eigenvalue weighted by atomic mass is 10.2. The van der Waals surface area contributed by atoms with E-state index in [4.69, 9.17) is 9.47 Å². The van der Waals surface area contributed by atoms with Crippen molar-refractivity contribution in [2.75, 3.05) is 26.0 Å². The van der Waals surface area contributed by atoms with E-state index in [0.717, 1.165) is 41.7 Å². The Morgan fingerprint density at radius 3 is 2.84 bits per heavy atom. The van der Waals surface area contributed by atoms with Crippen LogP contribution in [0.15, 0.2) is 46.9 Å². The number of ether oxygens (including phenoxy) is 2. The standard InChI is InChI=1S/C22H24N4O3S2/c1-25(12-16-13-28-18-6-2-3-7-19(18)29-16)21(27)14-31-22-24-23-20(26(22)15-8-9-15)11-17-5-4-10-30-17/h2-7,10,15-16H,8-9,11-14H2,1H3/t16-/m0/s1. The van der Waals surface area contributed by atoms with E-state index < -0.39 is 0 Å². The molecule has 7 nitrogen and oxygen atoms in total. The number of para-hydroxylation sites is 2. The zero-order valence-corrected chi connectivity index (χ0v) is 18.9. The second-order valence-electron chi connectivity index (χ2n) is 7.82. The Bertz CT molecular complexity index is 1050. The maximum atomic E-state index is 12.7. The molecule has 1 amide bonds. The van der Waals surface area contributed by atoms with Crippen LogP contribution in [0.5, 0.6) is 11.5 Å². The van der Waals surface area contributed by atoms with Crippen molar-refractivity contribution >= 4 is 29.0 Å². The van der Waals surface area contributed by atoms with Crippen LogP contribution in [-0.4, -0.2) is 57.6 Å². The molecule has 162 valence electrons. The SMILES string of the molecule is CN(C[C@H]1COc2ccccc2O1)C(=O)CSc1nnc(Cc2cccs2)n1C1CC1. The van der Waals surface area contributed by atoms with Crippen molar-refractivity contribution in [1.82, 2.24) is 19.7 Å². The maximum absolute atomic E-state index is 12.7. The summed E-state index contributed by atoms with van der Waals surface area (Å²) in [6.07, 6.45) is 2.91. The van der Waals surface area contributed by atoms with Crippen LogP contribution in [0.1, 0.15) is 29.6 Å². The minimum absolute atomic E-state index is 0.0395. The molecule has 0 unspecified atom stereocenters. The summed E-state index contributed by atoms with van der Waals surface area (Å²) in [7, 11) is 1.81. The van der Waals surface area contributed by atoms with Crippen LogP contribution in [0.3, 0.4) is 0 Å². The molecule has 2 aromatic heterocycles. The summed E-state index contributed by atoms with van der Waals surface area (Å²) in [5.41, 5.74) is 0. The Hall–Kier alpha value is -2.52. The number of benzene rings is 1. The van der Waals surface area contributed by atoms with Crippen molar-refractivity contribution in [3.05, 3.63) is 52.5 Å². The zero-order chi connectivity index (χ0) is 21.2. The van der Waals surface area contributed by atoms with Crippen molar-refractivity contribution in [1.29, 1.82) is 0 Å². The lowest BCUT2D eigenvalue weighted by Crippen LogP contribution is -2.42. The molecule has 1 aliphatic carbocycles. The van der Waals surface area contributed by atoms with Gasteiger partial charge in [-0.3, -0.25) is 4.79 Å². The summed E-state index contributed by atoms with van der Waals surface area (Å²) in [4.78, 5) is 15.7. The fourth-order valence-electron chi connectivity index (χ4n) is 3.59.